The molecule has 0 aliphatic heterocycles. The third kappa shape index (κ3) is 9.25. The van der Waals surface area contributed by atoms with Gasteiger partial charge in [0.25, 0.3) is 10.1 Å². The molecular formula is C20H32AlF3O5S. The van der Waals surface area contributed by atoms with Crippen molar-refractivity contribution in [2.24, 2.45) is 11.8 Å². The van der Waals surface area contributed by atoms with E-state index in [4.69, 9.17) is 8.53 Å². The van der Waals surface area contributed by atoms with Crippen molar-refractivity contribution in [2.45, 2.75) is 75.6 Å². The molecule has 0 bridgehead atoms. The van der Waals surface area contributed by atoms with E-state index in [1.165, 1.54) is 31.2 Å². The highest BCUT2D eigenvalue weighted by molar-refractivity contribution is 7.86. The monoisotopic (exact) mass is 468 g/mol. The Labute approximate surface area is 182 Å². The molecule has 0 N–H and O–H groups in total. The Balaban J connectivity index is 3.20. The molecule has 2 atom stereocenters. The highest BCUT2D eigenvalue weighted by Crippen LogP contribution is 2.32. The predicted molar refractivity (Wildman–Crippen MR) is 111 cm³/mol. The van der Waals surface area contributed by atoms with E-state index in [0.29, 0.717) is 10.6 Å². The highest BCUT2D eigenvalue weighted by Gasteiger charge is 2.51. The molecule has 0 aliphatic carbocycles. The number of alkyl halides is 3. The molecule has 0 unspecified atom stereocenters. The van der Waals surface area contributed by atoms with Gasteiger partial charge in [-0.15, -0.1) is 0 Å². The molecule has 0 aromatic heterocycles. The lowest BCUT2D eigenvalue weighted by Gasteiger charge is -2.31. The second kappa shape index (κ2) is 11.8. The van der Waals surface area contributed by atoms with Gasteiger partial charge in [-0.1, -0.05) is 67.8 Å². The van der Waals surface area contributed by atoms with E-state index >= 15 is 0 Å². The van der Waals surface area contributed by atoms with Crippen LogP contribution in [0.2, 0.25) is 10.6 Å². The second-order valence-corrected chi connectivity index (χ2v) is 12.2. The number of rotatable bonds is 12. The molecule has 0 aliphatic rings. The number of halogens is 3. The quantitative estimate of drug-likeness (QED) is 0.236. The topological polar surface area (TPSA) is 61.8 Å². The lowest BCUT2D eigenvalue weighted by atomic mass is 10.2. The summed E-state index contributed by atoms with van der Waals surface area (Å²) in [6.07, 6.45) is -9.59. The molecule has 1 rings (SSSR count). The molecule has 1 aromatic carbocycles. The molecule has 0 fully saturated rings. The van der Waals surface area contributed by atoms with Crippen LogP contribution in [0.3, 0.4) is 0 Å². The summed E-state index contributed by atoms with van der Waals surface area (Å²) in [7, 11) is -4.67. The molecule has 30 heavy (non-hydrogen) atoms. The average Bonchev–Trinajstić information content (AvgIpc) is 2.57. The Bertz CT molecular complexity index is 726. The van der Waals surface area contributed by atoms with Crippen LogP contribution in [0.1, 0.15) is 40.2 Å². The van der Waals surface area contributed by atoms with Crippen molar-refractivity contribution in [2.75, 3.05) is 6.61 Å². The molecule has 0 saturated carbocycles. The third-order valence-electron chi connectivity index (χ3n) is 4.24. The summed E-state index contributed by atoms with van der Waals surface area (Å²) in [4.78, 5) is -0.351. The summed E-state index contributed by atoms with van der Waals surface area (Å²) in [6, 6.07) is 5.40. The van der Waals surface area contributed by atoms with Crippen LogP contribution in [0.25, 0.3) is 0 Å². The van der Waals surface area contributed by atoms with Gasteiger partial charge < -0.3 is 8.53 Å². The van der Waals surface area contributed by atoms with E-state index in [9.17, 15) is 21.6 Å². The van der Waals surface area contributed by atoms with Crippen molar-refractivity contribution >= 4 is 24.6 Å². The molecule has 5 nitrogen and oxygen atoms in total. The SMILES string of the molecule is CCO[C@H]([O][Al]([CH2]C(C)C)[CH2]C(C)C)[C@@H](OS(=O)(=O)c1ccc(C)cc1)C(F)(F)F. The number of benzene rings is 1. The Hall–Kier alpha value is -0.628. The van der Waals surface area contributed by atoms with E-state index in [0.717, 1.165) is 5.56 Å². The maximum atomic E-state index is 13.8. The van der Waals surface area contributed by atoms with E-state index in [1.54, 1.807) is 6.92 Å². The second-order valence-electron chi connectivity index (χ2n) is 8.17. The first-order chi connectivity index (χ1) is 13.8. The van der Waals surface area contributed by atoms with Gasteiger partial charge in [0.05, 0.1) is 4.90 Å². The Morgan fingerprint density at radius 3 is 1.90 bits per heavy atom. The summed E-state index contributed by atoms with van der Waals surface area (Å²) in [5.41, 5.74) is 0.771. The standard InChI is InChI=1S/C12H14F3O5S.2C4H9.Al/c1-3-19-11(16)10(12(13,14)15)20-21(17,18)9-6-4-8(2)5-7-9;2*1-4(2)3;/h4-7,10-11H,3H2,1-2H3;2*4H,1H2,2-3H3;/q-1;;;+1/t10-,11+;;;/m1.../s1. The van der Waals surface area contributed by atoms with Crippen LogP contribution in [0, 0.1) is 18.8 Å². The molecule has 10 heteroatoms. The first kappa shape index (κ1) is 27.4. The third-order valence-corrected chi connectivity index (χ3v) is 9.14. The first-order valence-electron chi connectivity index (χ1n) is 10.1. The van der Waals surface area contributed by atoms with Crippen LogP contribution in [0.15, 0.2) is 29.2 Å². The number of aryl methyl sites for hydroxylation is 1. The van der Waals surface area contributed by atoms with Gasteiger partial charge in [0, 0.05) is 6.61 Å². The van der Waals surface area contributed by atoms with Gasteiger partial charge in [-0.25, -0.2) is 4.18 Å². The summed E-state index contributed by atoms with van der Waals surface area (Å²) >= 11 is -2.12. The smallest absolute Gasteiger partial charge is 0.463 e. The van der Waals surface area contributed by atoms with Crippen molar-refractivity contribution in [1.82, 2.24) is 0 Å². The van der Waals surface area contributed by atoms with Crippen molar-refractivity contribution < 1.29 is 34.3 Å². The van der Waals surface area contributed by atoms with Crippen LogP contribution < -0.4 is 0 Å². The largest absolute Gasteiger partial charge is 0.475 e. The highest BCUT2D eigenvalue weighted by atomic mass is 32.2. The summed E-state index contributed by atoms with van der Waals surface area (Å²) in [6.45, 7) is 11.1. The normalized spacial score (nSPS) is 14.9. The minimum atomic E-state index is -4.99. The zero-order valence-corrected chi connectivity index (χ0v) is 20.4. The zero-order chi connectivity index (χ0) is 23.1. The van der Waals surface area contributed by atoms with Gasteiger partial charge >= 0.3 is 20.7 Å². The van der Waals surface area contributed by atoms with Crippen LogP contribution in [0.4, 0.5) is 13.2 Å². The van der Waals surface area contributed by atoms with Crippen LogP contribution in [0.5, 0.6) is 0 Å². The summed E-state index contributed by atoms with van der Waals surface area (Å²) in [5.74, 6) is 0.480. The van der Waals surface area contributed by atoms with E-state index < -0.39 is 43.2 Å². The molecule has 0 saturated heterocycles. The summed E-state index contributed by atoms with van der Waals surface area (Å²) in [5, 5.41) is 1.30. The summed E-state index contributed by atoms with van der Waals surface area (Å²) < 4.78 is 82.3. The Kier molecular flexibility index (Phi) is 10.8. The molecule has 0 spiro atoms. The van der Waals surface area contributed by atoms with Crippen molar-refractivity contribution in [3.63, 3.8) is 0 Å². The van der Waals surface area contributed by atoms with Crippen molar-refractivity contribution in [1.29, 1.82) is 0 Å². The number of ether oxygens (including phenoxy) is 1. The van der Waals surface area contributed by atoms with E-state index in [1.807, 2.05) is 27.7 Å². The van der Waals surface area contributed by atoms with Crippen LogP contribution in [-0.2, 0) is 22.8 Å². The van der Waals surface area contributed by atoms with Gasteiger partial charge in [0.15, 0.2) is 6.29 Å². The maximum absolute atomic E-state index is 13.8. The van der Waals surface area contributed by atoms with Crippen LogP contribution >= 0.6 is 0 Å². The minimum absolute atomic E-state index is 0.0737. The van der Waals surface area contributed by atoms with E-state index in [2.05, 4.69) is 4.18 Å². The molecule has 0 radical (unpaired) electrons. The average molecular weight is 469 g/mol. The van der Waals surface area contributed by atoms with Crippen molar-refractivity contribution in [3.05, 3.63) is 29.8 Å². The van der Waals surface area contributed by atoms with Crippen LogP contribution in [-0.4, -0.2) is 48.1 Å². The fourth-order valence-electron chi connectivity index (χ4n) is 2.96. The van der Waals surface area contributed by atoms with Gasteiger partial charge in [-0.05, 0) is 26.0 Å². The van der Waals surface area contributed by atoms with Gasteiger partial charge in [-0.2, -0.15) is 21.6 Å². The zero-order valence-electron chi connectivity index (χ0n) is 18.4. The maximum Gasteiger partial charge on any atom is 0.463 e. The predicted octanol–water partition coefficient (Wildman–Crippen LogP) is 5.31. The number of hydrogen-bond acceptors (Lipinski definition) is 5. The fraction of sp³-hybridized carbons (Fsp3) is 0.700. The lowest BCUT2D eigenvalue weighted by molar-refractivity contribution is -0.261. The Morgan fingerprint density at radius 1 is 1.00 bits per heavy atom. The molecule has 0 heterocycles. The molecule has 1 aromatic rings. The Morgan fingerprint density at radius 2 is 1.50 bits per heavy atom. The minimum Gasteiger partial charge on any atom is -0.475 e. The fourth-order valence-corrected chi connectivity index (χ4v) is 7.13. The van der Waals surface area contributed by atoms with Gasteiger partial charge in [-0.3, -0.25) is 0 Å². The first-order valence-corrected chi connectivity index (χ1v) is 13.6. The molecule has 172 valence electrons. The lowest BCUT2D eigenvalue weighted by Crippen LogP contribution is -2.48. The van der Waals surface area contributed by atoms with E-state index in [-0.39, 0.29) is 23.3 Å². The van der Waals surface area contributed by atoms with Gasteiger partial charge in [0.1, 0.15) is 0 Å². The molecule has 0 amide bonds. The number of hydrogen-bond donors (Lipinski definition) is 0. The van der Waals surface area contributed by atoms with Crippen molar-refractivity contribution in [3.8, 4) is 0 Å². The van der Waals surface area contributed by atoms with Gasteiger partial charge in [0.2, 0.25) is 6.10 Å². The molecular weight excluding hydrogens is 436 g/mol.